The van der Waals surface area contributed by atoms with Gasteiger partial charge in [0.1, 0.15) is 5.69 Å². The first kappa shape index (κ1) is 18.3. The molecule has 0 fully saturated rings. The van der Waals surface area contributed by atoms with Gasteiger partial charge in [-0.3, -0.25) is 14.3 Å². The topological polar surface area (TPSA) is 88.9 Å². The fraction of sp³-hybridized carbons (Fsp3) is 0.200. The van der Waals surface area contributed by atoms with Crippen LogP contribution in [-0.4, -0.2) is 33.6 Å². The van der Waals surface area contributed by atoms with E-state index in [2.05, 4.69) is 20.7 Å². The van der Waals surface area contributed by atoms with Gasteiger partial charge in [-0.05, 0) is 17.7 Å². The summed E-state index contributed by atoms with van der Waals surface area (Å²) in [5, 5.41) is 9.49. The number of benzene rings is 1. The van der Waals surface area contributed by atoms with Crippen LogP contribution in [-0.2, 0) is 20.0 Å². The summed E-state index contributed by atoms with van der Waals surface area (Å²) in [5.41, 5.74) is 3.24. The molecule has 138 valence electrons. The van der Waals surface area contributed by atoms with Crippen molar-refractivity contribution in [3.05, 3.63) is 82.9 Å². The molecule has 0 radical (unpaired) electrons. The van der Waals surface area contributed by atoms with Gasteiger partial charge in [0.05, 0.1) is 6.20 Å². The second-order valence-corrected chi connectivity index (χ2v) is 6.18. The Morgan fingerprint density at radius 1 is 1.07 bits per heavy atom. The summed E-state index contributed by atoms with van der Waals surface area (Å²) in [6, 6.07) is 13.0. The molecule has 0 bridgehead atoms. The lowest BCUT2D eigenvalue weighted by molar-refractivity contribution is 0.0950. The summed E-state index contributed by atoms with van der Waals surface area (Å²) in [6.45, 7) is 0.359. The van der Waals surface area contributed by atoms with Crippen LogP contribution >= 0.6 is 0 Å². The number of carbonyl (C=O) groups is 2. The lowest BCUT2D eigenvalue weighted by Gasteiger charge is -2.09. The zero-order valence-corrected chi connectivity index (χ0v) is 15.3. The Balaban J connectivity index is 1.82. The zero-order chi connectivity index (χ0) is 19.2. The molecule has 2 heterocycles. The minimum absolute atomic E-state index is 0.220. The largest absolute Gasteiger partial charge is 0.354 e. The number of aryl methyl sites for hydroxylation is 1. The number of aromatic nitrogens is 3. The summed E-state index contributed by atoms with van der Waals surface area (Å²) < 4.78 is 1.68. The second kappa shape index (κ2) is 8.27. The second-order valence-electron chi connectivity index (χ2n) is 6.18. The number of nitrogens with one attached hydrogen (secondary N) is 2. The minimum atomic E-state index is -0.328. The number of nitrogens with zero attached hydrogens (tertiary/aromatic N) is 3. The maximum atomic E-state index is 12.6. The normalized spacial score (nSPS) is 10.4. The standard InChI is InChI=1S/C20H21N5O2/c1-21-20(27)18-10-16(19(26)22-11-15-12-23-25(2)13-15)9-17(24-18)8-14-6-4-3-5-7-14/h3-7,9-10,12-13H,8,11H2,1-2H3,(H,21,27)(H,22,26). The summed E-state index contributed by atoms with van der Waals surface area (Å²) in [6.07, 6.45) is 4.07. The summed E-state index contributed by atoms with van der Waals surface area (Å²) >= 11 is 0. The van der Waals surface area contributed by atoms with Crippen molar-refractivity contribution < 1.29 is 9.59 Å². The average Bonchev–Trinajstić information content (AvgIpc) is 3.11. The molecule has 0 aliphatic carbocycles. The van der Waals surface area contributed by atoms with Crippen molar-refractivity contribution in [1.29, 1.82) is 0 Å². The summed E-state index contributed by atoms with van der Waals surface area (Å²) in [7, 11) is 3.36. The Morgan fingerprint density at radius 2 is 1.85 bits per heavy atom. The third-order valence-electron chi connectivity index (χ3n) is 4.04. The summed E-state index contributed by atoms with van der Waals surface area (Å²) in [5.74, 6) is -0.591. The van der Waals surface area contributed by atoms with E-state index in [-0.39, 0.29) is 17.5 Å². The lowest BCUT2D eigenvalue weighted by atomic mass is 10.1. The van der Waals surface area contributed by atoms with Gasteiger partial charge in [0.2, 0.25) is 0 Å². The van der Waals surface area contributed by atoms with Gasteiger partial charge in [-0.1, -0.05) is 30.3 Å². The number of carbonyl (C=O) groups excluding carboxylic acids is 2. The molecular formula is C20H21N5O2. The van der Waals surface area contributed by atoms with Crippen LogP contribution in [0.25, 0.3) is 0 Å². The van der Waals surface area contributed by atoms with E-state index in [1.54, 1.807) is 16.9 Å². The Bertz CT molecular complexity index is 950. The van der Waals surface area contributed by atoms with Crippen LogP contribution in [0.3, 0.4) is 0 Å². The van der Waals surface area contributed by atoms with Crippen molar-refractivity contribution in [2.45, 2.75) is 13.0 Å². The van der Waals surface area contributed by atoms with Gasteiger partial charge in [0, 0.05) is 50.1 Å². The van der Waals surface area contributed by atoms with Gasteiger partial charge in [-0.2, -0.15) is 5.10 Å². The number of amides is 2. The van der Waals surface area contributed by atoms with E-state index < -0.39 is 0 Å². The van der Waals surface area contributed by atoms with E-state index in [1.165, 1.54) is 13.1 Å². The van der Waals surface area contributed by atoms with E-state index >= 15 is 0 Å². The molecule has 2 N–H and O–H groups in total. The molecule has 3 rings (SSSR count). The van der Waals surface area contributed by atoms with Gasteiger partial charge in [0.25, 0.3) is 11.8 Å². The van der Waals surface area contributed by atoms with Crippen molar-refractivity contribution in [2.24, 2.45) is 7.05 Å². The zero-order valence-electron chi connectivity index (χ0n) is 15.3. The number of rotatable bonds is 6. The van der Waals surface area contributed by atoms with Gasteiger partial charge in [0.15, 0.2) is 0 Å². The van der Waals surface area contributed by atoms with Crippen molar-refractivity contribution in [2.75, 3.05) is 7.05 Å². The highest BCUT2D eigenvalue weighted by Crippen LogP contribution is 2.12. The molecule has 0 unspecified atom stereocenters. The van der Waals surface area contributed by atoms with E-state index in [9.17, 15) is 9.59 Å². The molecule has 0 spiro atoms. The van der Waals surface area contributed by atoms with Crippen molar-refractivity contribution in [1.82, 2.24) is 25.4 Å². The highest BCUT2D eigenvalue weighted by atomic mass is 16.2. The van der Waals surface area contributed by atoms with Gasteiger partial charge in [-0.25, -0.2) is 4.98 Å². The third-order valence-corrected chi connectivity index (χ3v) is 4.04. The van der Waals surface area contributed by atoms with E-state index in [1.807, 2.05) is 43.6 Å². The SMILES string of the molecule is CNC(=O)c1cc(C(=O)NCc2cnn(C)c2)cc(Cc2ccccc2)n1. The lowest BCUT2D eigenvalue weighted by Crippen LogP contribution is -2.25. The number of hydrogen-bond acceptors (Lipinski definition) is 4. The molecule has 2 amide bonds. The fourth-order valence-electron chi connectivity index (χ4n) is 2.71. The smallest absolute Gasteiger partial charge is 0.269 e. The van der Waals surface area contributed by atoms with Gasteiger partial charge in [-0.15, -0.1) is 0 Å². The molecule has 7 nitrogen and oxygen atoms in total. The van der Waals surface area contributed by atoms with Gasteiger partial charge >= 0.3 is 0 Å². The van der Waals surface area contributed by atoms with Crippen LogP contribution in [0.1, 0.15) is 37.7 Å². The highest BCUT2D eigenvalue weighted by molar-refractivity contribution is 5.98. The molecule has 27 heavy (non-hydrogen) atoms. The Hall–Kier alpha value is -3.48. The molecule has 0 aliphatic heterocycles. The maximum Gasteiger partial charge on any atom is 0.269 e. The number of hydrogen-bond donors (Lipinski definition) is 2. The third kappa shape index (κ3) is 4.78. The molecule has 7 heteroatoms. The van der Waals surface area contributed by atoms with Crippen LogP contribution in [0.15, 0.2) is 54.9 Å². The predicted octanol–water partition coefficient (Wildman–Crippen LogP) is 1.70. The maximum absolute atomic E-state index is 12.6. The molecule has 0 aliphatic rings. The fourth-order valence-corrected chi connectivity index (χ4v) is 2.71. The monoisotopic (exact) mass is 363 g/mol. The van der Waals surface area contributed by atoms with Crippen LogP contribution in [0, 0.1) is 0 Å². The molecular weight excluding hydrogens is 342 g/mol. The van der Waals surface area contributed by atoms with Crippen LogP contribution in [0.4, 0.5) is 0 Å². The number of pyridine rings is 1. The van der Waals surface area contributed by atoms with Crippen LogP contribution in [0.2, 0.25) is 0 Å². The first-order valence-corrected chi connectivity index (χ1v) is 8.58. The van der Waals surface area contributed by atoms with E-state index in [0.29, 0.717) is 24.2 Å². The van der Waals surface area contributed by atoms with Crippen molar-refractivity contribution in [3.8, 4) is 0 Å². The average molecular weight is 363 g/mol. The van der Waals surface area contributed by atoms with Crippen molar-refractivity contribution in [3.63, 3.8) is 0 Å². The molecule has 1 aromatic carbocycles. The summed E-state index contributed by atoms with van der Waals surface area (Å²) in [4.78, 5) is 29.1. The Labute approximate surface area is 157 Å². The van der Waals surface area contributed by atoms with E-state index in [4.69, 9.17) is 0 Å². The van der Waals surface area contributed by atoms with Crippen LogP contribution in [0.5, 0.6) is 0 Å². The molecule has 2 aromatic heterocycles. The van der Waals surface area contributed by atoms with Gasteiger partial charge < -0.3 is 10.6 Å². The highest BCUT2D eigenvalue weighted by Gasteiger charge is 2.14. The first-order valence-electron chi connectivity index (χ1n) is 8.58. The Kier molecular flexibility index (Phi) is 5.61. The molecule has 0 atom stereocenters. The Morgan fingerprint density at radius 3 is 2.52 bits per heavy atom. The first-order chi connectivity index (χ1) is 13.0. The predicted molar refractivity (Wildman–Crippen MR) is 101 cm³/mol. The molecule has 0 saturated carbocycles. The van der Waals surface area contributed by atoms with E-state index in [0.717, 1.165) is 11.1 Å². The molecule has 3 aromatic rings. The quantitative estimate of drug-likeness (QED) is 0.698. The minimum Gasteiger partial charge on any atom is -0.354 e. The van der Waals surface area contributed by atoms with Crippen LogP contribution < -0.4 is 10.6 Å². The molecule has 0 saturated heterocycles. The van der Waals surface area contributed by atoms with Crippen molar-refractivity contribution >= 4 is 11.8 Å².